The molecule has 1 N–H and O–H groups in total. The Kier molecular flexibility index (Phi) is 6.51. The second-order valence-electron chi connectivity index (χ2n) is 5.64. The van der Waals surface area contributed by atoms with Crippen molar-refractivity contribution in [2.24, 2.45) is 0 Å². The lowest BCUT2D eigenvalue weighted by atomic mass is 9.97. The van der Waals surface area contributed by atoms with Crippen LogP contribution in [0, 0.1) is 0 Å². The van der Waals surface area contributed by atoms with Crippen LogP contribution in [0.2, 0.25) is 0 Å². The molecule has 0 saturated heterocycles. The topological polar surface area (TPSA) is 30.5 Å². The molecule has 1 unspecified atom stereocenters. The molecule has 0 aliphatic carbocycles. The molecule has 1 heterocycles. The SMILES string of the molecule is CC(C)OCCCCNCC1OCCc2ccccc21. The molecule has 20 heavy (non-hydrogen) atoms. The van der Waals surface area contributed by atoms with Crippen LogP contribution in [0.25, 0.3) is 0 Å². The molecular formula is C17H27NO2. The van der Waals surface area contributed by atoms with E-state index in [4.69, 9.17) is 9.47 Å². The van der Waals surface area contributed by atoms with E-state index >= 15 is 0 Å². The van der Waals surface area contributed by atoms with E-state index in [0.29, 0.717) is 6.10 Å². The van der Waals surface area contributed by atoms with E-state index in [1.165, 1.54) is 11.1 Å². The first-order valence-electron chi connectivity index (χ1n) is 7.79. The number of ether oxygens (including phenoxy) is 2. The van der Waals surface area contributed by atoms with Crippen molar-refractivity contribution in [3.8, 4) is 0 Å². The third kappa shape index (κ3) is 4.89. The largest absolute Gasteiger partial charge is 0.379 e. The number of rotatable bonds is 8. The van der Waals surface area contributed by atoms with Crippen LogP contribution in [-0.4, -0.2) is 32.4 Å². The maximum Gasteiger partial charge on any atom is 0.0952 e. The highest BCUT2D eigenvalue weighted by Gasteiger charge is 2.19. The zero-order valence-electron chi connectivity index (χ0n) is 12.7. The summed E-state index contributed by atoms with van der Waals surface area (Å²) >= 11 is 0. The van der Waals surface area contributed by atoms with Crippen LogP contribution in [0.4, 0.5) is 0 Å². The highest BCUT2D eigenvalue weighted by atomic mass is 16.5. The zero-order chi connectivity index (χ0) is 14.2. The molecular weight excluding hydrogens is 250 g/mol. The number of hydrogen-bond donors (Lipinski definition) is 1. The summed E-state index contributed by atoms with van der Waals surface area (Å²) in [6.07, 6.45) is 3.87. The highest BCUT2D eigenvalue weighted by molar-refractivity contribution is 5.31. The fourth-order valence-corrected chi connectivity index (χ4v) is 2.55. The second kappa shape index (κ2) is 8.40. The molecule has 1 atom stereocenters. The fraction of sp³-hybridized carbons (Fsp3) is 0.647. The molecule has 0 radical (unpaired) electrons. The smallest absolute Gasteiger partial charge is 0.0952 e. The van der Waals surface area contributed by atoms with Gasteiger partial charge in [-0.1, -0.05) is 24.3 Å². The Hall–Kier alpha value is -0.900. The van der Waals surface area contributed by atoms with Crippen LogP contribution in [0.15, 0.2) is 24.3 Å². The summed E-state index contributed by atoms with van der Waals surface area (Å²) in [6.45, 7) is 7.80. The van der Waals surface area contributed by atoms with Gasteiger partial charge in [0.15, 0.2) is 0 Å². The van der Waals surface area contributed by atoms with E-state index in [-0.39, 0.29) is 6.10 Å². The van der Waals surface area contributed by atoms with Gasteiger partial charge in [0.2, 0.25) is 0 Å². The Labute approximate surface area is 122 Å². The molecule has 0 bridgehead atoms. The molecule has 0 amide bonds. The van der Waals surface area contributed by atoms with Gasteiger partial charge in [-0.05, 0) is 50.8 Å². The summed E-state index contributed by atoms with van der Waals surface area (Å²) in [5.74, 6) is 0. The summed E-state index contributed by atoms with van der Waals surface area (Å²) in [6, 6.07) is 8.62. The van der Waals surface area contributed by atoms with Gasteiger partial charge in [0, 0.05) is 13.2 Å². The van der Waals surface area contributed by atoms with E-state index in [2.05, 4.69) is 43.4 Å². The first-order valence-corrected chi connectivity index (χ1v) is 7.79. The van der Waals surface area contributed by atoms with Gasteiger partial charge in [-0.15, -0.1) is 0 Å². The lowest BCUT2D eigenvalue weighted by Gasteiger charge is -2.26. The minimum Gasteiger partial charge on any atom is -0.379 e. The quantitative estimate of drug-likeness (QED) is 0.741. The van der Waals surface area contributed by atoms with E-state index in [1.54, 1.807) is 0 Å². The summed E-state index contributed by atoms with van der Waals surface area (Å²) < 4.78 is 11.4. The van der Waals surface area contributed by atoms with Crippen molar-refractivity contribution in [2.45, 2.75) is 45.3 Å². The fourth-order valence-electron chi connectivity index (χ4n) is 2.55. The van der Waals surface area contributed by atoms with Gasteiger partial charge >= 0.3 is 0 Å². The van der Waals surface area contributed by atoms with Gasteiger partial charge < -0.3 is 14.8 Å². The van der Waals surface area contributed by atoms with Crippen LogP contribution in [-0.2, 0) is 15.9 Å². The molecule has 1 aromatic carbocycles. The van der Waals surface area contributed by atoms with Crippen molar-refractivity contribution in [2.75, 3.05) is 26.3 Å². The molecule has 0 saturated carbocycles. The summed E-state index contributed by atoms with van der Waals surface area (Å²) in [4.78, 5) is 0. The standard InChI is InChI=1S/C17H27NO2/c1-14(2)19-11-6-5-10-18-13-17-16-8-4-3-7-15(16)9-12-20-17/h3-4,7-8,14,17-18H,5-6,9-13H2,1-2H3. The van der Waals surface area contributed by atoms with E-state index in [0.717, 1.165) is 45.6 Å². The van der Waals surface area contributed by atoms with Gasteiger partial charge in [0.05, 0.1) is 18.8 Å². The van der Waals surface area contributed by atoms with Gasteiger partial charge in [-0.2, -0.15) is 0 Å². The second-order valence-corrected chi connectivity index (χ2v) is 5.64. The highest BCUT2D eigenvalue weighted by Crippen LogP contribution is 2.26. The van der Waals surface area contributed by atoms with Crippen LogP contribution >= 0.6 is 0 Å². The first kappa shape index (κ1) is 15.5. The monoisotopic (exact) mass is 277 g/mol. The summed E-state index contributed by atoms with van der Waals surface area (Å²) in [5, 5.41) is 3.50. The predicted octanol–water partition coefficient (Wildman–Crippen LogP) is 3.10. The third-order valence-electron chi connectivity index (χ3n) is 3.62. The van der Waals surface area contributed by atoms with Crippen molar-refractivity contribution in [3.05, 3.63) is 35.4 Å². The predicted molar refractivity (Wildman–Crippen MR) is 82.0 cm³/mol. The third-order valence-corrected chi connectivity index (χ3v) is 3.62. The maximum atomic E-state index is 5.88. The lowest BCUT2D eigenvalue weighted by molar-refractivity contribution is 0.0422. The zero-order valence-corrected chi connectivity index (χ0v) is 12.7. The van der Waals surface area contributed by atoms with Gasteiger partial charge in [-0.25, -0.2) is 0 Å². The molecule has 112 valence electrons. The Bertz CT molecular complexity index is 392. The number of nitrogens with one attached hydrogen (secondary N) is 1. The van der Waals surface area contributed by atoms with Crippen LogP contribution < -0.4 is 5.32 Å². The Morgan fingerprint density at radius 3 is 3.00 bits per heavy atom. The van der Waals surface area contributed by atoms with E-state index in [1.807, 2.05) is 0 Å². The minimum atomic E-state index is 0.215. The molecule has 0 spiro atoms. The molecule has 1 aromatic rings. The van der Waals surface area contributed by atoms with Crippen molar-refractivity contribution in [1.29, 1.82) is 0 Å². The van der Waals surface area contributed by atoms with Gasteiger partial charge in [0.1, 0.15) is 0 Å². The molecule has 3 heteroatoms. The summed E-state index contributed by atoms with van der Waals surface area (Å²) in [7, 11) is 0. The molecule has 2 rings (SSSR count). The van der Waals surface area contributed by atoms with Gasteiger partial charge in [0.25, 0.3) is 0 Å². The Morgan fingerprint density at radius 2 is 2.15 bits per heavy atom. The van der Waals surface area contributed by atoms with Crippen LogP contribution in [0.1, 0.15) is 43.9 Å². The summed E-state index contributed by atoms with van der Waals surface area (Å²) in [5.41, 5.74) is 2.80. The number of benzene rings is 1. The molecule has 1 aliphatic heterocycles. The molecule has 0 fully saturated rings. The average molecular weight is 277 g/mol. The minimum absolute atomic E-state index is 0.215. The lowest BCUT2D eigenvalue weighted by Crippen LogP contribution is -2.28. The molecule has 3 nitrogen and oxygen atoms in total. The van der Waals surface area contributed by atoms with Crippen molar-refractivity contribution in [3.63, 3.8) is 0 Å². The van der Waals surface area contributed by atoms with Gasteiger partial charge in [-0.3, -0.25) is 0 Å². The van der Waals surface area contributed by atoms with Crippen molar-refractivity contribution >= 4 is 0 Å². The number of hydrogen-bond acceptors (Lipinski definition) is 3. The van der Waals surface area contributed by atoms with Crippen LogP contribution in [0.3, 0.4) is 0 Å². The maximum absolute atomic E-state index is 5.88. The Balaban J connectivity index is 1.63. The average Bonchev–Trinajstić information content (AvgIpc) is 2.46. The van der Waals surface area contributed by atoms with E-state index in [9.17, 15) is 0 Å². The van der Waals surface area contributed by atoms with E-state index < -0.39 is 0 Å². The number of unbranched alkanes of at least 4 members (excludes halogenated alkanes) is 1. The first-order chi connectivity index (χ1) is 9.77. The molecule has 0 aromatic heterocycles. The van der Waals surface area contributed by atoms with Crippen molar-refractivity contribution < 1.29 is 9.47 Å². The number of fused-ring (bicyclic) bond motifs is 1. The normalized spacial score (nSPS) is 18.2. The Morgan fingerprint density at radius 1 is 1.30 bits per heavy atom. The van der Waals surface area contributed by atoms with Crippen LogP contribution in [0.5, 0.6) is 0 Å². The molecule has 1 aliphatic rings. The van der Waals surface area contributed by atoms with Crippen molar-refractivity contribution in [1.82, 2.24) is 5.32 Å².